The smallest absolute Gasteiger partial charge is 0.317 e. The lowest BCUT2D eigenvalue weighted by molar-refractivity contribution is -0.139. The number of nitrogens with zero attached hydrogens (tertiary/aromatic N) is 1. The normalized spacial score (nSPS) is 11.9. The predicted octanol–water partition coefficient (Wildman–Crippen LogP) is 2.82. The Kier molecular flexibility index (Phi) is 4.46. The Morgan fingerprint density at radius 2 is 2.00 bits per heavy atom. The topological polar surface area (TPSA) is 40.5 Å². The molecule has 0 aliphatic carbocycles. The van der Waals surface area contributed by atoms with Gasteiger partial charge in [0, 0.05) is 12.1 Å². The Labute approximate surface area is 107 Å². The van der Waals surface area contributed by atoms with Gasteiger partial charge in [-0.3, -0.25) is 9.69 Å². The van der Waals surface area contributed by atoms with Crippen molar-refractivity contribution in [3.05, 3.63) is 35.1 Å². The largest absolute Gasteiger partial charge is 0.480 e. The summed E-state index contributed by atoms with van der Waals surface area (Å²) >= 11 is 0. The van der Waals surface area contributed by atoms with E-state index in [9.17, 15) is 9.18 Å². The van der Waals surface area contributed by atoms with Crippen LogP contribution in [0, 0.1) is 12.7 Å². The lowest BCUT2D eigenvalue weighted by Gasteiger charge is -2.34. The molecule has 1 N–H and O–H groups in total. The van der Waals surface area contributed by atoms with Crippen LogP contribution in [0.5, 0.6) is 0 Å². The molecule has 1 aromatic rings. The molecule has 0 saturated heterocycles. The minimum Gasteiger partial charge on any atom is -0.480 e. The van der Waals surface area contributed by atoms with E-state index < -0.39 is 5.97 Å². The van der Waals surface area contributed by atoms with Crippen molar-refractivity contribution in [2.45, 2.75) is 39.8 Å². The fraction of sp³-hybridized carbons (Fsp3) is 0.500. The molecule has 0 bridgehead atoms. The van der Waals surface area contributed by atoms with E-state index >= 15 is 0 Å². The third kappa shape index (κ3) is 4.11. The quantitative estimate of drug-likeness (QED) is 0.897. The Balaban J connectivity index is 2.89. The summed E-state index contributed by atoms with van der Waals surface area (Å²) in [6, 6.07) is 5.02. The molecular formula is C14H20FNO2. The summed E-state index contributed by atoms with van der Waals surface area (Å²) in [7, 11) is 0. The van der Waals surface area contributed by atoms with Gasteiger partial charge in [0.2, 0.25) is 0 Å². The van der Waals surface area contributed by atoms with Gasteiger partial charge >= 0.3 is 5.97 Å². The third-order valence-corrected chi connectivity index (χ3v) is 2.88. The van der Waals surface area contributed by atoms with E-state index in [0.29, 0.717) is 12.1 Å². The minimum atomic E-state index is -0.877. The van der Waals surface area contributed by atoms with Crippen LogP contribution in [-0.2, 0) is 11.3 Å². The van der Waals surface area contributed by atoms with Gasteiger partial charge in [0.15, 0.2) is 0 Å². The molecule has 0 fully saturated rings. The number of carboxylic acids is 1. The van der Waals surface area contributed by atoms with Crippen molar-refractivity contribution in [1.29, 1.82) is 0 Å². The number of aliphatic carboxylic acids is 1. The summed E-state index contributed by atoms with van der Waals surface area (Å²) in [6.07, 6.45) is 0. The fourth-order valence-electron chi connectivity index (χ4n) is 1.65. The first-order valence-corrected chi connectivity index (χ1v) is 5.92. The third-order valence-electron chi connectivity index (χ3n) is 2.88. The molecule has 0 spiro atoms. The SMILES string of the molecule is Cc1ccc(CN(CC(=O)O)C(C)(C)C)cc1F. The highest BCUT2D eigenvalue weighted by Crippen LogP contribution is 2.18. The number of hydrogen-bond donors (Lipinski definition) is 1. The van der Waals surface area contributed by atoms with Crippen LogP contribution in [0.15, 0.2) is 18.2 Å². The molecule has 4 heteroatoms. The average Bonchev–Trinajstić information content (AvgIpc) is 2.20. The number of rotatable bonds is 4. The van der Waals surface area contributed by atoms with Crippen molar-refractivity contribution in [3.8, 4) is 0 Å². The minimum absolute atomic E-state index is 0.0566. The second-order valence-electron chi connectivity index (χ2n) is 5.50. The van der Waals surface area contributed by atoms with Crippen molar-refractivity contribution in [1.82, 2.24) is 4.90 Å². The Morgan fingerprint density at radius 1 is 1.39 bits per heavy atom. The molecule has 0 heterocycles. The van der Waals surface area contributed by atoms with Gasteiger partial charge in [-0.2, -0.15) is 0 Å². The van der Waals surface area contributed by atoms with Crippen molar-refractivity contribution in [2.24, 2.45) is 0 Å². The first-order chi connectivity index (χ1) is 8.20. The van der Waals surface area contributed by atoms with Gasteiger partial charge in [-0.15, -0.1) is 0 Å². The van der Waals surface area contributed by atoms with Gasteiger partial charge in [0.1, 0.15) is 5.82 Å². The maximum Gasteiger partial charge on any atom is 0.317 e. The molecule has 0 saturated carbocycles. The van der Waals surface area contributed by atoms with E-state index in [1.165, 1.54) is 6.07 Å². The molecule has 18 heavy (non-hydrogen) atoms. The molecule has 0 amide bonds. The van der Waals surface area contributed by atoms with E-state index in [0.717, 1.165) is 5.56 Å². The van der Waals surface area contributed by atoms with Gasteiger partial charge in [-0.05, 0) is 44.9 Å². The molecule has 1 rings (SSSR count). The summed E-state index contributed by atoms with van der Waals surface area (Å²) in [6.45, 7) is 7.91. The van der Waals surface area contributed by atoms with Crippen molar-refractivity contribution in [2.75, 3.05) is 6.54 Å². The molecule has 1 aromatic carbocycles. The maximum absolute atomic E-state index is 13.5. The van der Waals surface area contributed by atoms with Crippen LogP contribution in [0.3, 0.4) is 0 Å². The van der Waals surface area contributed by atoms with Crippen LogP contribution in [0.4, 0.5) is 4.39 Å². The number of halogens is 1. The van der Waals surface area contributed by atoms with Crippen LogP contribution >= 0.6 is 0 Å². The number of benzene rings is 1. The van der Waals surface area contributed by atoms with Crippen LogP contribution < -0.4 is 0 Å². The molecular weight excluding hydrogens is 233 g/mol. The zero-order valence-electron chi connectivity index (χ0n) is 11.3. The number of carboxylic acid groups (broad SMARTS) is 1. The first kappa shape index (κ1) is 14.6. The molecule has 3 nitrogen and oxygen atoms in total. The highest BCUT2D eigenvalue weighted by Gasteiger charge is 2.23. The molecule has 0 aromatic heterocycles. The van der Waals surface area contributed by atoms with Crippen molar-refractivity contribution < 1.29 is 14.3 Å². The Bertz CT molecular complexity index is 438. The summed E-state index contributed by atoms with van der Waals surface area (Å²) in [5.41, 5.74) is 1.10. The van der Waals surface area contributed by atoms with Gasteiger partial charge in [0.25, 0.3) is 0 Å². The van der Waals surface area contributed by atoms with E-state index in [4.69, 9.17) is 5.11 Å². The summed E-state index contributed by atoms with van der Waals surface area (Å²) in [4.78, 5) is 12.7. The van der Waals surface area contributed by atoms with E-state index in [1.54, 1.807) is 17.9 Å². The Morgan fingerprint density at radius 3 is 2.44 bits per heavy atom. The highest BCUT2D eigenvalue weighted by molar-refractivity contribution is 5.69. The van der Waals surface area contributed by atoms with Crippen LogP contribution in [0.2, 0.25) is 0 Å². The van der Waals surface area contributed by atoms with E-state index in [2.05, 4.69) is 0 Å². The lowest BCUT2D eigenvalue weighted by atomic mass is 10.0. The summed E-state index contributed by atoms with van der Waals surface area (Å²) < 4.78 is 13.5. The zero-order chi connectivity index (χ0) is 13.9. The molecule has 100 valence electrons. The second kappa shape index (κ2) is 5.48. The monoisotopic (exact) mass is 253 g/mol. The molecule has 0 unspecified atom stereocenters. The lowest BCUT2D eigenvalue weighted by Crippen LogP contribution is -2.43. The summed E-state index contributed by atoms with van der Waals surface area (Å²) in [5, 5.41) is 8.91. The Hall–Kier alpha value is -1.42. The fourth-order valence-corrected chi connectivity index (χ4v) is 1.65. The van der Waals surface area contributed by atoms with Crippen molar-refractivity contribution >= 4 is 5.97 Å². The van der Waals surface area contributed by atoms with Crippen LogP contribution in [0.1, 0.15) is 31.9 Å². The van der Waals surface area contributed by atoms with E-state index in [-0.39, 0.29) is 17.9 Å². The van der Waals surface area contributed by atoms with Crippen LogP contribution in [-0.4, -0.2) is 28.1 Å². The van der Waals surface area contributed by atoms with Crippen LogP contribution in [0.25, 0.3) is 0 Å². The van der Waals surface area contributed by atoms with E-state index in [1.807, 2.05) is 26.8 Å². The molecule has 0 atom stereocenters. The van der Waals surface area contributed by atoms with Gasteiger partial charge in [-0.1, -0.05) is 12.1 Å². The average molecular weight is 253 g/mol. The highest BCUT2D eigenvalue weighted by atomic mass is 19.1. The van der Waals surface area contributed by atoms with Gasteiger partial charge in [-0.25, -0.2) is 4.39 Å². The standard InChI is InChI=1S/C14H20FNO2/c1-10-5-6-11(7-12(10)15)8-16(9-13(17)18)14(2,3)4/h5-7H,8-9H2,1-4H3,(H,17,18). The number of hydrogen-bond acceptors (Lipinski definition) is 2. The number of carbonyl (C=O) groups is 1. The van der Waals surface area contributed by atoms with Gasteiger partial charge in [0.05, 0.1) is 6.54 Å². The predicted molar refractivity (Wildman–Crippen MR) is 68.9 cm³/mol. The summed E-state index contributed by atoms with van der Waals surface area (Å²) in [5.74, 6) is -1.13. The molecule has 0 aliphatic rings. The second-order valence-corrected chi connectivity index (χ2v) is 5.50. The van der Waals surface area contributed by atoms with Crippen molar-refractivity contribution in [3.63, 3.8) is 0 Å². The van der Waals surface area contributed by atoms with Gasteiger partial charge < -0.3 is 5.11 Å². The molecule has 0 radical (unpaired) electrons. The molecule has 0 aliphatic heterocycles. The number of aryl methyl sites for hydroxylation is 1. The first-order valence-electron chi connectivity index (χ1n) is 5.92. The zero-order valence-corrected chi connectivity index (χ0v) is 11.3. The maximum atomic E-state index is 13.5.